The smallest absolute Gasteiger partial charge is 0.216 e. The van der Waals surface area contributed by atoms with Gasteiger partial charge in [-0.15, -0.1) is 0 Å². The summed E-state index contributed by atoms with van der Waals surface area (Å²) in [7, 11) is 2.10. The summed E-state index contributed by atoms with van der Waals surface area (Å²) in [6.45, 7) is 11.5. The molecule has 0 fully saturated rings. The van der Waals surface area contributed by atoms with E-state index in [0.717, 1.165) is 11.2 Å². The first kappa shape index (κ1) is 20.2. The number of aryl methyl sites for hydroxylation is 2. The predicted molar refractivity (Wildman–Crippen MR) is 137 cm³/mol. The highest BCUT2D eigenvalue weighted by Crippen LogP contribution is 2.54. The van der Waals surface area contributed by atoms with Crippen LogP contribution in [0.2, 0.25) is 0 Å². The van der Waals surface area contributed by atoms with Crippen molar-refractivity contribution in [3.05, 3.63) is 89.1 Å². The molecule has 0 amide bonds. The molecule has 0 saturated carbocycles. The molecular weight excluding hydrogens is 402 g/mol. The summed E-state index contributed by atoms with van der Waals surface area (Å²) in [5.41, 5.74) is 12.3. The summed E-state index contributed by atoms with van der Waals surface area (Å²) >= 11 is 0. The fourth-order valence-corrected chi connectivity index (χ4v) is 5.85. The van der Waals surface area contributed by atoms with Gasteiger partial charge in [-0.2, -0.15) is 0 Å². The maximum atomic E-state index is 6.94. The minimum absolute atomic E-state index is 0.0483. The number of pyridine rings is 1. The van der Waals surface area contributed by atoms with E-state index in [-0.39, 0.29) is 5.41 Å². The van der Waals surface area contributed by atoms with Crippen LogP contribution in [0.5, 0.6) is 0 Å². The van der Waals surface area contributed by atoms with Crippen molar-refractivity contribution in [1.82, 2.24) is 0 Å². The average molecular weight is 433 g/mol. The molecule has 6 rings (SSSR count). The molecular formula is C31H30NO+. The van der Waals surface area contributed by atoms with Crippen LogP contribution in [0.15, 0.2) is 71.3 Å². The first-order valence-corrected chi connectivity index (χ1v) is 11.9. The molecule has 2 heterocycles. The molecule has 0 spiro atoms. The highest BCUT2D eigenvalue weighted by atomic mass is 16.3. The Morgan fingerprint density at radius 2 is 1.61 bits per heavy atom. The van der Waals surface area contributed by atoms with Gasteiger partial charge in [0.1, 0.15) is 18.2 Å². The van der Waals surface area contributed by atoms with Crippen LogP contribution in [-0.2, 0) is 12.5 Å². The zero-order valence-electron chi connectivity index (χ0n) is 20.3. The molecule has 2 nitrogen and oxygen atoms in total. The van der Waals surface area contributed by atoms with Crippen LogP contribution < -0.4 is 4.57 Å². The molecule has 0 atom stereocenters. The van der Waals surface area contributed by atoms with Crippen LogP contribution in [0.25, 0.3) is 44.3 Å². The minimum Gasteiger partial charge on any atom is -0.454 e. The van der Waals surface area contributed by atoms with Crippen LogP contribution in [-0.4, -0.2) is 0 Å². The molecule has 5 aromatic rings. The Labute approximate surface area is 195 Å². The second-order valence-corrected chi connectivity index (χ2v) is 10.4. The van der Waals surface area contributed by atoms with E-state index in [4.69, 9.17) is 4.42 Å². The SMILES string of the molecule is Cc1ccc2c(oc3c4c(cc(C(C)C)c32)C(C)(C)c2ccccc2-4)c1-c1cccc[n+]1C. The van der Waals surface area contributed by atoms with E-state index < -0.39 is 0 Å². The summed E-state index contributed by atoms with van der Waals surface area (Å²) in [5.74, 6) is 0.399. The Morgan fingerprint density at radius 3 is 2.36 bits per heavy atom. The van der Waals surface area contributed by atoms with Gasteiger partial charge in [0.05, 0.1) is 5.56 Å². The van der Waals surface area contributed by atoms with Crippen molar-refractivity contribution in [1.29, 1.82) is 0 Å². The Morgan fingerprint density at radius 1 is 0.848 bits per heavy atom. The van der Waals surface area contributed by atoms with Crippen molar-refractivity contribution in [2.75, 3.05) is 0 Å². The lowest BCUT2D eigenvalue weighted by Crippen LogP contribution is -2.30. The van der Waals surface area contributed by atoms with Crippen molar-refractivity contribution in [2.45, 2.75) is 46.0 Å². The molecule has 0 radical (unpaired) electrons. The molecule has 2 aromatic heterocycles. The third-order valence-electron chi connectivity index (χ3n) is 7.63. The number of nitrogens with zero attached hydrogens (tertiary/aromatic N) is 1. The van der Waals surface area contributed by atoms with E-state index >= 15 is 0 Å². The zero-order valence-corrected chi connectivity index (χ0v) is 20.3. The monoisotopic (exact) mass is 432 g/mol. The van der Waals surface area contributed by atoms with Gasteiger partial charge in [-0.3, -0.25) is 0 Å². The Balaban J connectivity index is 1.83. The van der Waals surface area contributed by atoms with Gasteiger partial charge in [-0.1, -0.05) is 70.2 Å². The number of fused-ring (bicyclic) bond motifs is 7. The maximum absolute atomic E-state index is 6.94. The fraction of sp³-hybridized carbons (Fsp3) is 0.258. The third-order valence-corrected chi connectivity index (χ3v) is 7.63. The first-order valence-electron chi connectivity index (χ1n) is 11.9. The lowest BCUT2D eigenvalue weighted by Gasteiger charge is -2.22. The predicted octanol–water partition coefficient (Wildman–Crippen LogP) is 7.82. The molecule has 0 unspecified atom stereocenters. The topological polar surface area (TPSA) is 17.0 Å². The number of benzene rings is 3. The molecule has 2 heteroatoms. The summed E-state index contributed by atoms with van der Waals surface area (Å²) in [4.78, 5) is 0. The van der Waals surface area contributed by atoms with Crippen molar-refractivity contribution in [3.63, 3.8) is 0 Å². The Hall–Kier alpha value is -3.39. The van der Waals surface area contributed by atoms with Crippen molar-refractivity contribution in [2.24, 2.45) is 7.05 Å². The first-order chi connectivity index (χ1) is 15.8. The number of furan rings is 1. The highest BCUT2D eigenvalue weighted by Gasteiger charge is 2.39. The summed E-state index contributed by atoms with van der Waals surface area (Å²) < 4.78 is 9.13. The normalized spacial score (nSPS) is 14.3. The largest absolute Gasteiger partial charge is 0.454 e. The maximum Gasteiger partial charge on any atom is 0.216 e. The molecule has 1 aliphatic rings. The van der Waals surface area contributed by atoms with Gasteiger partial charge in [0.25, 0.3) is 0 Å². The van der Waals surface area contributed by atoms with Crippen LogP contribution in [0.1, 0.15) is 55.9 Å². The lowest BCUT2D eigenvalue weighted by molar-refractivity contribution is -0.660. The van der Waals surface area contributed by atoms with Gasteiger partial charge in [0, 0.05) is 33.9 Å². The molecule has 3 aromatic carbocycles. The van der Waals surface area contributed by atoms with E-state index in [9.17, 15) is 0 Å². The van der Waals surface area contributed by atoms with E-state index in [2.05, 4.69) is 113 Å². The minimum atomic E-state index is -0.0483. The summed E-state index contributed by atoms with van der Waals surface area (Å²) in [6, 6.07) is 22.2. The Kier molecular flexibility index (Phi) is 4.17. The molecule has 0 saturated heterocycles. The van der Waals surface area contributed by atoms with E-state index in [1.807, 2.05) is 0 Å². The standard InChI is InChI=1S/C31H30NO/c1-18(2)22-17-24-28(20-11-7-8-12-23(20)31(24,4)5)30-27(22)21-15-14-19(3)26(29(21)33-30)25-13-9-10-16-32(25)6/h7-18H,1-6H3/q+1. The summed E-state index contributed by atoms with van der Waals surface area (Å²) in [5, 5.41) is 2.48. The van der Waals surface area contributed by atoms with Gasteiger partial charge in [-0.05, 0) is 46.7 Å². The third kappa shape index (κ3) is 2.64. The van der Waals surface area contributed by atoms with E-state index in [1.165, 1.54) is 55.4 Å². The molecule has 0 N–H and O–H groups in total. The number of hydrogen-bond donors (Lipinski definition) is 0. The summed E-state index contributed by atoms with van der Waals surface area (Å²) in [6.07, 6.45) is 2.10. The average Bonchev–Trinajstić information content (AvgIpc) is 3.27. The second-order valence-electron chi connectivity index (χ2n) is 10.4. The van der Waals surface area contributed by atoms with Crippen molar-refractivity contribution in [3.8, 4) is 22.4 Å². The Bertz CT molecular complexity index is 1580. The van der Waals surface area contributed by atoms with Gasteiger partial charge in [-0.25, -0.2) is 4.57 Å². The van der Waals surface area contributed by atoms with Gasteiger partial charge in [0.15, 0.2) is 6.20 Å². The molecule has 0 aliphatic heterocycles. The van der Waals surface area contributed by atoms with E-state index in [0.29, 0.717) is 5.92 Å². The number of hydrogen-bond acceptors (Lipinski definition) is 1. The fourth-order valence-electron chi connectivity index (χ4n) is 5.85. The zero-order chi connectivity index (χ0) is 23.1. The number of aromatic nitrogens is 1. The van der Waals surface area contributed by atoms with Crippen LogP contribution in [0.3, 0.4) is 0 Å². The van der Waals surface area contributed by atoms with Crippen molar-refractivity contribution >= 4 is 21.9 Å². The highest BCUT2D eigenvalue weighted by molar-refractivity contribution is 6.16. The van der Waals surface area contributed by atoms with Gasteiger partial charge < -0.3 is 4.42 Å². The molecule has 0 bridgehead atoms. The second kappa shape index (κ2) is 6.81. The van der Waals surface area contributed by atoms with Crippen LogP contribution >= 0.6 is 0 Å². The van der Waals surface area contributed by atoms with Crippen LogP contribution in [0.4, 0.5) is 0 Å². The molecule has 1 aliphatic carbocycles. The molecule has 33 heavy (non-hydrogen) atoms. The van der Waals surface area contributed by atoms with Gasteiger partial charge in [0.2, 0.25) is 5.69 Å². The number of rotatable bonds is 2. The quantitative estimate of drug-likeness (QED) is 0.260. The van der Waals surface area contributed by atoms with Crippen molar-refractivity contribution < 1.29 is 8.98 Å². The molecule has 164 valence electrons. The lowest BCUT2D eigenvalue weighted by atomic mass is 9.80. The van der Waals surface area contributed by atoms with Gasteiger partial charge >= 0.3 is 0 Å². The van der Waals surface area contributed by atoms with Crippen LogP contribution in [0, 0.1) is 6.92 Å². The van der Waals surface area contributed by atoms with E-state index in [1.54, 1.807) is 0 Å².